The molecular weight excluding hydrogens is 287 g/mol. The van der Waals surface area contributed by atoms with E-state index in [4.69, 9.17) is 11.6 Å². The highest BCUT2D eigenvalue weighted by atomic mass is 35.5. The third kappa shape index (κ3) is 3.60. The van der Waals surface area contributed by atoms with Gasteiger partial charge in [0, 0.05) is 11.7 Å². The normalized spacial score (nSPS) is 27.4. The van der Waals surface area contributed by atoms with Gasteiger partial charge in [-0.2, -0.15) is 13.2 Å². The zero-order valence-corrected chi connectivity index (χ0v) is 12.4. The van der Waals surface area contributed by atoms with E-state index in [0.717, 1.165) is 25.3 Å². The molecule has 2 rings (SSSR count). The topological polar surface area (TPSA) is 12.0 Å². The lowest BCUT2D eigenvalue weighted by Crippen LogP contribution is -2.33. The smallest absolute Gasteiger partial charge is 0.382 e. The summed E-state index contributed by atoms with van der Waals surface area (Å²) in [5.41, 5.74) is -0.283. The number of rotatable bonds is 2. The second kappa shape index (κ2) is 5.84. The molecule has 1 saturated carbocycles. The molecule has 1 aromatic rings. The number of hydrogen-bond donors (Lipinski definition) is 1. The van der Waals surface area contributed by atoms with Gasteiger partial charge in [0.25, 0.3) is 0 Å². The summed E-state index contributed by atoms with van der Waals surface area (Å²) in [6.07, 6.45) is -1.20. The number of halogens is 4. The van der Waals surface area contributed by atoms with Crippen LogP contribution < -0.4 is 5.32 Å². The van der Waals surface area contributed by atoms with Crippen LogP contribution in [0.3, 0.4) is 0 Å². The van der Waals surface area contributed by atoms with Gasteiger partial charge >= 0.3 is 6.18 Å². The van der Waals surface area contributed by atoms with Crippen molar-refractivity contribution in [2.75, 3.05) is 5.32 Å². The van der Waals surface area contributed by atoms with Crippen molar-refractivity contribution in [2.45, 2.75) is 45.3 Å². The van der Waals surface area contributed by atoms with E-state index in [1.54, 1.807) is 6.07 Å². The van der Waals surface area contributed by atoms with Crippen molar-refractivity contribution < 1.29 is 13.2 Å². The molecule has 1 fully saturated rings. The molecule has 20 heavy (non-hydrogen) atoms. The Kier molecular flexibility index (Phi) is 4.52. The van der Waals surface area contributed by atoms with Crippen molar-refractivity contribution in [3.05, 3.63) is 28.8 Å². The van der Waals surface area contributed by atoms with E-state index >= 15 is 0 Å². The highest BCUT2D eigenvalue weighted by molar-refractivity contribution is 6.31. The fourth-order valence-electron chi connectivity index (χ4n) is 2.93. The summed E-state index contributed by atoms with van der Waals surface area (Å²) < 4.78 is 38.5. The summed E-state index contributed by atoms with van der Waals surface area (Å²) >= 11 is 5.62. The minimum absolute atomic E-state index is 0.230. The highest BCUT2D eigenvalue weighted by Crippen LogP contribution is 2.37. The molecule has 3 unspecified atom stereocenters. The molecule has 1 aliphatic carbocycles. The molecule has 112 valence electrons. The van der Waals surface area contributed by atoms with Gasteiger partial charge in [0.1, 0.15) is 0 Å². The summed E-state index contributed by atoms with van der Waals surface area (Å²) in [5.74, 6) is 1.16. The summed E-state index contributed by atoms with van der Waals surface area (Å²) in [5, 5.41) is 2.98. The lowest BCUT2D eigenvalue weighted by atomic mass is 9.80. The van der Waals surface area contributed by atoms with Crippen LogP contribution in [0.5, 0.6) is 0 Å². The maximum atomic E-state index is 12.8. The van der Waals surface area contributed by atoms with Crippen molar-refractivity contribution in [1.29, 1.82) is 0 Å². The monoisotopic (exact) mass is 305 g/mol. The van der Waals surface area contributed by atoms with Crippen molar-refractivity contribution in [2.24, 2.45) is 11.8 Å². The van der Waals surface area contributed by atoms with Gasteiger partial charge in [0.2, 0.25) is 0 Å². The van der Waals surface area contributed by atoms with Crippen LogP contribution in [0, 0.1) is 11.8 Å². The molecule has 0 aromatic heterocycles. The quantitative estimate of drug-likeness (QED) is 0.750. The fourth-order valence-corrected chi connectivity index (χ4v) is 3.15. The van der Waals surface area contributed by atoms with Gasteiger partial charge in [-0.05, 0) is 49.3 Å². The molecule has 3 atom stereocenters. The first-order chi connectivity index (χ1) is 9.27. The lowest BCUT2D eigenvalue weighted by Gasteiger charge is -2.34. The zero-order valence-electron chi connectivity index (χ0n) is 11.6. The van der Waals surface area contributed by atoms with E-state index in [0.29, 0.717) is 17.5 Å². The van der Waals surface area contributed by atoms with Crippen LogP contribution in [0.2, 0.25) is 5.02 Å². The van der Waals surface area contributed by atoms with Crippen molar-refractivity contribution in [3.8, 4) is 0 Å². The van der Waals surface area contributed by atoms with Crippen molar-refractivity contribution >= 4 is 17.3 Å². The average Bonchev–Trinajstić information content (AvgIpc) is 2.33. The summed E-state index contributed by atoms with van der Waals surface area (Å²) in [4.78, 5) is 0. The minimum Gasteiger partial charge on any atom is -0.382 e. The average molecular weight is 306 g/mol. The Morgan fingerprint density at radius 2 is 1.90 bits per heavy atom. The molecule has 1 N–H and O–H groups in total. The first-order valence-electron chi connectivity index (χ1n) is 6.90. The Bertz CT molecular complexity index is 473. The Labute approximate surface area is 122 Å². The van der Waals surface area contributed by atoms with Gasteiger partial charge in [-0.1, -0.05) is 25.4 Å². The molecule has 0 saturated heterocycles. The van der Waals surface area contributed by atoms with Crippen LogP contribution in [0.4, 0.5) is 18.9 Å². The number of nitrogens with one attached hydrogen (secondary N) is 1. The summed E-state index contributed by atoms with van der Waals surface area (Å²) in [7, 11) is 0. The summed E-state index contributed by atoms with van der Waals surface area (Å²) in [6.45, 7) is 4.37. The molecule has 0 radical (unpaired) electrons. The number of benzene rings is 1. The van der Waals surface area contributed by atoms with Crippen LogP contribution in [0.25, 0.3) is 0 Å². The third-order valence-corrected chi connectivity index (χ3v) is 4.38. The molecule has 1 nitrogen and oxygen atoms in total. The molecule has 1 aromatic carbocycles. The van der Waals surface area contributed by atoms with E-state index in [-0.39, 0.29) is 11.1 Å². The molecule has 0 amide bonds. The van der Waals surface area contributed by atoms with Gasteiger partial charge < -0.3 is 5.32 Å². The van der Waals surface area contributed by atoms with E-state index < -0.39 is 11.7 Å². The second-order valence-corrected chi connectivity index (χ2v) is 6.25. The molecule has 5 heteroatoms. The van der Waals surface area contributed by atoms with Gasteiger partial charge in [-0.3, -0.25) is 0 Å². The van der Waals surface area contributed by atoms with Gasteiger partial charge in [0.15, 0.2) is 0 Å². The van der Waals surface area contributed by atoms with Crippen molar-refractivity contribution in [3.63, 3.8) is 0 Å². The Balaban J connectivity index is 2.14. The maximum absolute atomic E-state index is 12.8. The standard InChI is InChI=1S/C15H19ClF3N/c1-9-3-6-14(10(2)7-9)20-11-4-5-13(16)12(8-11)15(17,18)19/h4-5,8-10,14,20H,3,6-7H2,1-2H3. The van der Waals surface area contributed by atoms with Crippen LogP contribution in [0.1, 0.15) is 38.7 Å². The first kappa shape index (κ1) is 15.5. The largest absolute Gasteiger partial charge is 0.417 e. The van der Waals surface area contributed by atoms with Gasteiger partial charge in [-0.15, -0.1) is 0 Å². The van der Waals surface area contributed by atoms with Crippen molar-refractivity contribution in [1.82, 2.24) is 0 Å². The van der Waals surface area contributed by atoms with E-state index in [9.17, 15) is 13.2 Å². The van der Waals surface area contributed by atoms with E-state index in [2.05, 4.69) is 19.2 Å². The van der Waals surface area contributed by atoms with Crippen LogP contribution in [-0.4, -0.2) is 6.04 Å². The van der Waals surface area contributed by atoms with Crippen LogP contribution in [-0.2, 0) is 6.18 Å². The third-order valence-electron chi connectivity index (χ3n) is 4.06. The summed E-state index contributed by atoms with van der Waals surface area (Å²) in [6, 6.07) is 4.26. The number of hydrogen-bond acceptors (Lipinski definition) is 1. The fraction of sp³-hybridized carbons (Fsp3) is 0.600. The predicted molar refractivity (Wildman–Crippen MR) is 76.0 cm³/mol. The Hall–Kier alpha value is -0.900. The molecular formula is C15H19ClF3N. The van der Waals surface area contributed by atoms with Crippen LogP contribution in [0.15, 0.2) is 18.2 Å². The molecule has 0 heterocycles. The van der Waals surface area contributed by atoms with Gasteiger partial charge in [0.05, 0.1) is 10.6 Å². The molecule has 1 aliphatic rings. The lowest BCUT2D eigenvalue weighted by molar-refractivity contribution is -0.137. The highest BCUT2D eigenvalue weighted by Gasteiger charge is 2.33. The Morgan fingerprint density at radius 1 is 1.20 bits per heavy atom. The minimum atomic E-state index is -4.42. The van der Waals surface area contributed by atoms with Gasteiger partial charge in [-0.25, -0.2) is 0 Å². The SMILES string of the molecule is CC1CCC(Nc2ccc(Cl)c(C(F)(F)F)c2)C(C)C1. The zero-order chi connectivity index (χ0) is 14.9. The maximum Gasteiger partial charge on any atom is 0.417 e. The number of anilines is 1. The van der Waals surface area contributed by atoms with Crippen LogP contribution >= 0.6 is 11.6 Å². The molecule has 0 spiro atoms. The molecule has 0 bridgehead atoms. The van der Waals surface area contributed by atoms with E-state index in [1.807, 2.05) is 0 Å². The number of alkyl halides is 3. The predicted octanol–water partition coefficient (Wildman–Crippen LogP) is 5.60. The van der Waals surface area contributed by atoms with E-state index in [1.165, 1.54) is 6.07 Å². The molecule has 0 aliphatic heterocycles. The second-order valence-electron chi connectivity index (χ2n) is 5.84. The first-order valence-corrected chi connectivity index (χ1v) is 7.28. The Morgan fingerprint density at radius 3 is 2.50 bits per heavy atom.